The zero-order chi connectivity index (χ0) is 61.4. The number of amides is 3. The Kier molecular flexibility index (Phi) is 33.4. The van der Waals surface area contributed by atoms with E-state index in [9.17, 15) is 14.4 Å². The maximum Gasteiger partial charge on any atom is 0.226 e. The summed E-state index contributed by atoms with van der Waals surface area (Å²) in [6.45, 7) is 64.9. The van der Waals surface area contributed by atoms with Gasteiger partial charge in [0.1, 0.15) is 0 Å². The molecule has 4 unspecified atom stereocenters. The minimum absolute atomic E-state index is 0.0242. The minimum atomic E-state index is 0.0242. The van der Waals surface area contributed by atoms with Gasteiger partial charge in [0, 0.05) is 50.5 Å². The van der Waals surface area contributed by atoms with Crippen molar-refractivity contribution in [1.29, 1.82) is 0 Å². The Morgan fingerprint density at radius 2 is 0.725 bits per heavy atom. The summed E-state index contributed by atoms with van der Waals surface area (Å²) >= 11 is 0. The van der Waals surface area contributed by atoms with Crippen molar-refractivity contribution in [1.82, 2.24) is 20.0 Å². The molecule has 0 aromatic carbocycles. The highest BCUT2D eigenvalue weighted by Gasteiger charge is 2.37. The molecule has 0 radical (unpaired) electrons. The maximum atomic E-state index is 12.8. The number of ether oxygens (including phenoxy) is 2. The first-order valence-electron chi connectivity index (χ1n) is 33.3. The molecule has 0 spiro atoms. The standard InChI is InChI=1S/C18H35NO2.C18H35NO.C18H37N.C17H33NO2/c1-17(2,3)10-8-7-9-15(18(4,5)6)16(20)19-11-13-21-14-12-19;1-17(2,3)12-8-7-11-15(18(4,5)6)16(20)19-13-9-10-14-19;1-17(2,3)12-8-7-11-16(18(4,5)6)15-19-13-9-10-14-19;1-16(2,3)10-8-7-9-14(17(4,5)6)15(19)18-13-11-20-12-13/h15H,7-14H2,1-6H3;15H,7-14H2,1-6H3;16H,7-15H2,1-6H3;13-14H,7-12H2,1-6H3,(H,18,19). The van der Waals surface area contributed by atoms with Crippen LogP contribution < -0.4 is 5.32 Å². The van der Waals surface area contributed by atoms with Gasteiger partial charge in [-0.25, -0.2) is 0 Å². The summed E-state index contributed by atoms with van der Waals surface area (Å²) in [4.78, 5) is 44.7. The third-order valence-electron chi connectivity index (χ3n) is 17.4. The van der Waals surface area contributed by atoms with Crippen LogP contribution in [-0.4, -0.2) is 111 Å². The van der Waals surface area contributed by atoms with E-state index in [2.05, 4.69) is 181 Å². The highest BCUT2D eigenvalue weighted by atomic mass is 16.5. The van der Waals surface area contributed by atoms with Crippen LogP contribution in [0.2, 0.25) is 0 Å². The van der Waals surface area contributed by atoms with Crippen molar-refractivity contribution >= 4 is 17.7 Å². The van der Waals surface area contributed by atoms with Gasteiger partial charge in [0.15, 0.2) is 0 Å². The van der Waals surface area contributed by atoms with Gasteiger partial charge in [-0.1, -0.05) is 218 Å². The first kappa shape index (κ1) is 76.3. The first-order chi connectivity index (χ1) is 36.5. The Hall–Kier alpha value is -1.71. The Bertz CT molecular complexity index is 1660. The fraction of sp³-hybridized carbons (Fsp3) is 0.958. The van der Waals surface area contributed by atoms with Gasteiger partial charge in [0.2, 0.25) is 17.7 Å². The molecule has 4 saturated heterocycles. The third-order valence-corrected chi connectivity index (χ3v) is 17.4. The lowest BCUT2D eigenvalue weighted by atomic mass is 9.76. The summed E-state index contributed by atoms with van der Waals surface area (Å²) in [6.07, 6.45) is 24.7. The molecule has 4 aliphatic heterocycles. The lowest BCUT2D eigenvalue weighted by molar-refractivity contribution is -0.143. The topological polar surface area (TPSA) is 91.4 Å². The second kappa shape index (κ2) is 35.0. The molecule has 1 N–H and O–H groups in total. The van der Waals surface area contributed by atoms with Crippen LogP contribution in [0.3, 0.4) is 0 Å². The summed E-state index contributed by atoms with van der Waals surface area (Å²) < 4.78 is 10.5. The fourth-order valence-electron chi connectivity index (χ4n) is 11.7. The van der Waals surface area contributed by atoms with Crippen LogP contribution in [0, 0.1) is 67.0 Å². The average Bonchev–Trinajstić information content (AvgIpc) is 4.02. The molecule has 4 fully saturated rings. The van der Waals surface area contributed by atoms with Gasteiger partial charge >= 0.3 is 0 Å². The molecule has 0 bridgehead atoms. The fourth-order valence-corrected chi connectivity index (χ4v) is 11.7. The summed E-state index contributed by atoms with van der Waals surface area (Å²) in [7, 11) is 0. The Morgan fingerprint density at radius 3 is 1.04 bits per heavy atom. The van der Waals surface area contributed by atoms with Gasteiger partial charge in [-0.2, -0.15) is 0 Å². The van der Waals surface area contributed by atoms with Crippen molar-refractivity contribution in [3.8, 4) is 0 Å². The monoisotopic (exact) mass is 1130 g/mol. The van der Waals surface area contributed by atoms with Crippen LogP contribution >= 0.6 is 0 Å². The molecule has 0 aromatic rings. The number of nitrogens with zero attached hydrogens (tertiary/aromatic N) is 3. The Labute approximate surface area is 499 Å². The molecule has 9 heteroatoms. The molecule has 474 valence electrons. The number of nitrogens with one attached hydrogen (secondary N) is 1. The number of hydrogen-bond acceptors (Lipinski definition) is 6. The lowest BCUT2D eigenvalue weighted by Crippen LogP contribution is -2.51. The Morgan fingerprint density at radius 1 is 0.400 bits per heavy atom. The molecular formula is C71H140N4O5. The molecule has 4 atom stereocenters. The quantitative estimate of drug-likeness (QED) is 0.109. The molecule has 0 aromatic heterocycles. The number of likely N-dealkylation sites (tertiary alicyclic amines) is 2. The number of carbonyl (C=O) groups excluding carboxylic acids is 3. The molecule has 4 heterocycles. The first-order valence-corrected chi connectivity index (χ1v) is 33.3. The summed E-state index contributed by atoms with van der Waals surface area (Å²) in [6, 6.07) is 0.238. The van der Waals surface area contributed by atoms with Gasteiger partial charge in [-0.05, 0) is 139 Å². The van der Waals surface area contributed by atoms with Crippen LogP contribution in [0.1, 0.15) is 295 Å². The normalized spacial score (nSPS) is 18.9. The predicted octanol–water partition coefficient (Wildman–Crippen LogP) is 18.1. The highest BCUT2D eigenvalue weighted by Crippen LogP contribution is 2.37. The van der Waals surface area contributed by atoms with E-state index in [-0.39, 0.29) is 45.9 Å². The highest BCUT2D eigenvalue weighted by molar-refractivity contribution is 5.80. The zero-order valence-electron chi connectivity index (χ0n) is 58.2. The molecule has 4 rings (SSSR count). The SMILES string of the molecule is CC(C)(C)CCCCC(C(=O)N1CCCC1)C(C)(C)C.CC(C)(C)CCCCC(C(=O)N1CCOCC1)C(C)(C)C.CC(C)(C)CCCCC(C(=O)NC1COC1)C(C)(C)C.CC(C)(C)CCCCC(CN1CCCC1)C(C)(C)C. The van der Waals surface area contributed by atoms with Gasteiger partial charge in [0.25, 0.3) is 0 Å². The minimum Gasteiger partial charge on any atom is -0.378 e. The van der Waals surface area contributed by atoms with Crippen LogP contribution in [0.25, 0.3) is 0 Å². The predicted molar refractivity (Wildman–Crippen MR) is 345 cm³/mol. The second-order valence-corrected chi connectivity index (χ2v) is 34.8. The van der Waals surface area contributed by atoms with Crippen LogP contribution in [0.5, 0.6) is 0 Å². The van der Waals surface area contributed by atoms with Crippen LogP contribution in [-0.2, 0) is 23.9 Å². The van der Waals surface area contributed by atoms with Crippen molar-refractivity contribution in [3.05, 3.63) is 0 Å². The molecule has 4 aliphatic rings. The molecule has 0 aliphatic carbocycles. The number of hydrogen-bond donors (Lipinski definition) is 1. The summed E-state index contributed by atoms with van der Waals surface area (Å²) in [5.41, 5.74) is 2.32. The van der Waals surface area contributed by atoms with E-state index in [0.717, 1.165) is 64.2 Å². The van der Waals surface area contributed by atoms with Crippen molar-refractivity contribution in [3.63, 3.8) is 0 Å². The van der Waals surface area contributed by atoms with Crippen LogP contribution in [0.15, 0.2) is 0 Å². The number of unbranched alkanes of at least 4 members (excludes halogenated alkanes) is 4. The van der Waals surface area contributed by atoms with E-state index in [0.29, 0.717) is 65.3 Å². The van der Waals surface area contributed by atoms with Gasteiger partial charge in [-0.15, -0.1) is 0 Å². The second-order valence-electron chi connectivity index (χ2n) is 34.8. The molecule has 80 heavy (non-hydrogen) atoms. The van der Waals surface area contributed by atoms with Gasteiger partial charge in [-0.3, -0.25) is 14.4 Å². The zero-order valence-corrected chi connectivity index (χ0v) is 58.2. The number of rotatable bonds is 22. The van der Waals surface area contributed by atoms with E-state index >= 15 is 0 Å². The number of morpholine rings is 1. The van der Waals surface area contributed by atoms with E-state index in [1.165, 1.54) is 116 Å². The van der Waals surface area contributed by atoms with Gasteiger partial charge in [0.05, 0.1) is 32.5 Å². The molecule has 9 nitrogen and oxygen atoms in total. The van der Waals surface area contributed by atoms with E-state index in [1.54, 1.807) is 0 Å². The maximum absolute atomic E-state index is 12.8. The van der Waals surface area contributed by atoms with Crippen molar-refractivity contribution in [2.75, 3.05) is 72.2 Å². The smallest absolute Gasteiger partial charge is 0.226 e. The van der Waals surface area contributed by atoms with Crippen LogP contribution in [0.4, 0.5) is 0 Å². The molecular weight excluding hydrogens is 989 g/mol. The molecule has 3 amide bonds. The van der Waals surface area contributed by atoms with E-state index in [4.69, 9.17) is 9.47 Å². The largest absolute Gasteiger partial charge is 0.378 e. The van der Waals surface area contributed by atoms with E-state index < -0.39 is 0 Å². The summed E-state index contributed by atoms with van der Waals surface area (Å²) in [5.74, 6) is 2.25. The lowest BCUT2D eigenvalue weighted by Gasteiger charge is -2.36. The molecule has 0 saturated carbocycles. The van der Waals surface area contributed by atoms with Crippen molar-refractivity contribution in [2.45, 2.75) is 301 Å². The number of carbonyl (C=O) groups is 3. The van der Waals surface area contributed by atoms with E-state index in [1.807, 2.05) is 4.90 Å². The summed E-state index contributed by atoms with van der Waals surface area (Å²) in [5, 5.41) is 3.12. The van der Waals surface area contributed by atoms with Crippen molar-refractivity contribution in [2.24, 2.45) is 67.0 Å². The average molecular weight is 1130 g/mol. The Balaban J connectivity index is 0.000000534. The van der Waals surface area contributed by atoms with Gasteiger partial charge < -0.3 is 29.5 Å². The van der Waals surface area contributed by atoms with Crippen molar-refractivity contribution < 1.29 is 23.9 Å². The third kappa shape index (κ3) is 35.6.